The maximum absolute atomic E-state index is 12.7. The molecule has 0 radical (unpaired) electrons. The Kier molecular flexibility index (Phi) is 2.48. The molecule has 100 valence electrons. The van der Waals surface area contributed by atoms with Crippen LogP contribution in [0.25, 0.3) is 0 Å². The van der Waals surface area contributed by atoms with E-state index >= 15 is 0 Å². The zero-order valence-electron chi connectivity index (χ0n) is 11.4. The molecule has 1 saturated heterocycles. The van der Waals surface area contributed by atoms with Crippen LogP contribution >= 0.6 is 0 Å². The van der Waals surface area contributed by atoms with Gasteiger partial charge in [0.15, 0.2) is 0 Å². The fourth-order valence-electron chi connectivity index (χ4n) is 3.31. The number of amides is 2. The summed E-state index contributed by atoms with van der Waals surface area (Å²) in [4.78, 5) is 26.6. The molecule has 1 aliphatic heterocycles. The summed E-state index contributed by atoms with van der Waals surface area (Å²) in [5, 5.41) is 2.91. The average Bonchev–Trinajstić information content (AvgIpc) is 3.17. The van der Waals surface area contributed by atoms with Crippen LogP contribution in [0.1, 0.15) is 46.5 Å². The Balaban J connectivity index is 1.88. The minimum atomic E-state index is -0.330. The Bertz CT molecular complexity index is 397. The second-order valence-corrected chi connectivity index (χ2v) is 6.64. The molecule has 0 bridgehead atoms. The molecule has 0 aromatic carbocycles. The minimum Gasteiger partial charge on any atom is -0.342 e. The van der Waals surface area contributed by atoms with Gasteiger partial charge >= 0.3 is 0 Å². The van der Waals surface area contributed by atoms with Gasteiger partial charge in [-0.1, -0.05) is 0 Å². The fraction of sp³-hybridized carbons (Fsp3) is 0.857. The lowest BCUT2D eigenvalue weighted by Crippen LogP contribution is -2.68. The van der Waals surface area contributed by atoms with E-state index in [1.54, 1.807) is 0 Å². The number of hydrogen-bond acceptors (Lipinski definition) is 2. The van der Waals surface area contributed by atoms with Gasteiger partial charge in [-0.05, 0) is 58.3 Å². The molecule has 1 N–H and O–H groups in total. The third-order valence-corrected chi connectivity index (χ3v) is 4.86. The van der Waals surface area contributed by atoms with Gasteiger partial charge in [-0.3, -0.25) is 9.59 Å². The van der Waals surface area contributed by atoms with E-state index < -0.39 is 0 Å². The van der Waals surface area contributed by atoms with Gasteiger partial charge in [0.2, 0.25) is 11.8 Å². The van der Waals surface area contributed by atoms with Crippen LogP contribution in [0, 0.1) is 11.8 Å². The van der Waals surface area contributed by atoms with Gasteiger partial charge < -0.3 is 10.2 Å². The summed E-state index contributed by atoms with van der Waals surface area (Å²) >= 11 is 0. The van der Waals surface area contributed by atoms with Crippen LogP contribution in [0.15, 0.2) is 0 Å². The van der Waals surface area contributed by atoms with Gasteiger partial charge in [0.25, 0.3) is 0 Å². The second kappa shape index (κ2) is 3.72. The molecule has 2 amide bonds. The lowest BCUT2D eigenvalue weighted by atomic mass is 9.90. The van der Waals surface area contributed by atoms with Crippen molar-refractivity contribution in [1.82, 2.24) is 10.2 Å². The molecular weight excluding hydrogens is 228 g/mol. The predicted molar refractivity (Wildman–Crippen MR) is 67.8 cm³/mol. The highest BCUT2D eigenvalue weighted by atomic mass is 16.2. The lowest BCUT2D eigenvalue weighted by Gasteiger charge is -2.47. The third kappa shape index (κ3) is 1.73. The highest BCUT2D eigenvalue weighted by Gasteiger charge is 2.53. The molecule has 3 fully saturated rings. The summed E-state index contributed by atoms with van der Waals surface area (Å²) < 4.78 is 0. The van der Waals surface area contributed by atoms with Crippen molar-refractivity contribution < 1.29 is 9.59 Å². The van der Waals surface area contributed by atoms with Gasteiger partial charge in [0.05, 0.1) is 0 Å². The van der Waals surface area contributed by atoms with E-state index in [1.807, 2.05) is 11.8 Å². The molecular formula is C14H22N2O2. The molecule has 1 heterocycles. The van der Waals surface area contributed by atoms with Crippen LogP contribution in [-0.2, 0) is 9.59 Å². The van der Waals surface area contributed by atoms with E-state index in [-0.39, 0.29) is 29.4 Å². The van der Waals surface area contributed by atoms with Crippen molar-refractivity contribution in [1.29, 1.82) is 0 Å². The Morgan fingerprint density at radius 3 is 2.28 bits per heavy atom. The molecule has 18 heavy (non-hydrogen) atoms. The van der Waals surface area contributed by atoms with Crippen molar-refractivity contribution in [2.45, 2.75) is 64.1 Å². The first-order valence-electron chi connectivity index (χ1n) is 7.06. The molecule has 2 unspecified atom stereocenters. The summed E-state index contributed by atoms with van der Waals surface area (Å²) in [5.74, 6) is 1.10. The first-order chi connectivity index (χ1) is 8.43. The maximum atomic E-state index is 12.7. The molecule has 4 nitrogen and oxygen atoms in total. The Labute approximate surface area is 108 Å². The highest BCUT2D eigenvalue weighted by Crippen LogP contribution is 2.45. The van der Waals surface area contributed by atoms with Crippen molar-refractivity contribution in [3.63, 3.8) is 0 Å². The van der Waals surface area contributed by atoms with Crippen molar-refractivity contribution in [3.05, 3.63) is 0 Å². The Morgan fingerprint density at radius 2 is 1.78 bits per heavy atom. The summed E-state index contributed by atoms with van der Waals surface area (Å²) in [6, 6.07) is -0.588. The number of nitrogens with one attached hydrogen (secondary N) is 1. The second-order valence-electron chi connectivity index (χ2n) is 6.64. The Morgan fingerprint density at radius 1 is 1.17 bits per heavy atom. The van der Waals surface area contributed by atoms with Crippen LogP contribution in [0.4, 0.5) is 0 Å². The topological polar surface area (TPSA) is 49.4 Å². The standard InChI is InChI=1S/C14H22N2O2/c1-8-12(17)15-11(9-4-5-9)13(18)16(8)14(2,3)10-6-7-10/h8-11H,4-7H2,1-3H3,(H,15,17). The molecule has 0 spiro atoms. The van der Waals surface area contributed by atoms with E-state index in [0.29, 0.717) is 11.8 Å². The molecule has 3 aliphatic rings. The molecule has 4 heteroatoms. The molecule has 2 aliphatic carbocycles. The van der Waals surface area contributed by atoms with E-state index in [1.165, 1.54) is 12.8 Å². The van der Waals surface area contributed by atoms with Gasteiger partial charge in [0.1, 0.15) is 12.1 Å². The fourth-order valence-corrected chi connectivity index (χ4v) is 3.31. The number of hydrogen-bond donors (Lipinski definition) is 1. The molecule has 0 aromatic heterocycles. The molecule has 0 aromatic rings. The zero-order chi connectivity index (χ0) is 13.1. The maximum Gasteiger partial charge on any atom is 0.246 e. The summed E-state index contributed by atoms with van der Waals surface area (Å²) in [7, 11) is 0. The lowest BCUT2D eigenvalue weighted by molar-refractivity contribution is -0.156. The van der Waals surface area contributed by atoms with Crippen LogP contribution in [-0.4, -0.2) is 34.3 Å². The largest absolute Gasteiger partial charge is 0.342 e. The minimum absolute atomic E-state index is 0.0141. The summed E-state index contributed by atoms with van der Waals surface area (Å²) in [6.07, 6.45) is 4.50. The van der Waals surface area contributed by atoms with Gasteiger partial charge in [0, 0.05) is 5.54 Å². The van der Waals surface area contributed by atoms with Crippen LogP contribution in [0.5, 0.6) is 0 Å². The number of carbonyl (C=O) groups excluding carboxylic acids is 2. The third-order valence-electron chi connectivity index (χ3n) is 4.86. The first-order valence-corrected chi connectivity index (χ1v) is 7.06. The van der Waals surface area contributed by atoms with Crippen molar-refractivity contribution >= 4 is 11.8 Å². The van der Waals surface area contributed by atoms with Crippen LogP contribution in [0.2, 0.25) is 0 Å². The highest BCUT2D eigenvalue weighted by molar-refractivity contribution is 5.97. The van der Waals surface area contributed by atoms with E-state index in [4.69, 9.17) is 0 Å². The summed E-state index contributed by atoms with van der Waals surface area (Å²) in [6.45, 7) is 6.07. The Hall–Kier alpha value is -1.06. The van der Waals surface area contributed by atoms with Gasteiger partial charge in [-0.2, -0.15) is 0 Å². The van der Waals surface area contributed by atoms with E-state index in [9.17, 15) is 9.59 Å². The molecule has 3 rings (SSSR count). The van der Waals surface area contributed by atoms with Crippen molar-refractivity contribution in [2.24, 2.45) is 11.8 Å². The van der Waals surface area contributed by atoms with Gasteiger partial charge in [-0.15, -0.1) is 0 Å². The number of carbonyl (C=O) groups is 2. The van der Waals surface area contributed by atoms with Crippen LogP contribution in [0.3, 0.4) is 0 Å². The van der Waals surface area contributed by atoms with E-state index in [0.717, 1.165) is 12.8 Å². The monoisotopic (exact) mass is 250 g/mol. The smallest absolute Gasteiger partial charge is 0.246 e. The quantitative estimate of drug-likeness (QED) is 0.821. The van der Waals surface area contributed by atoms with Crippen LogP contribution < -0.4 is 5.32 Å². The number of nitrogens with zero attached hydrogens (tertiary/aromatic N) is 1. The van der Waals surface area contributed by atoms with Crippen molar-refractivity contribution in [2.75, 3.05) is 0 Å². The summed E-state index contributed by atoms with van der Waals surface area (Å²) in [5.41, 5.74) is -0.179. The normalized spacial score (nSPS) is 33.6. The zero-order valence-corrected chi connectivity index (χ0v) is 11.4. The SMILES string of the molecule is CC1C(=O)NC(C2CC2)C(=O)N1C(C)(C)C1CC1. The van der Waals surface area contributed by atoms with Crippen molar-refractivity contribution in [3.8, 4) is 0 Å². The molecule has 2 atom stereocenters. The molecule has 2 saturated carbocycles. The average molecular weight is 250 g/mol. The van der Waals surface area contributed by atoms with E-state index in [2.05, 4.69) is 19.2 Å². The number of rotatable bonds is 3. The first kappa shape index (κ1) is 12.0. The predicted octanol–water partition coefficient (Wildman–Crippen LogP) is 1.30. The van der Waals surface area contributed by atoms with Gasteiger partial charge in [-0.25, -0.2) is 0 Å². The number of piperazine rings is 1.